The zero-order valence-electron chi connectivity index (χ0n) is 15.8. The van der Waals surface area contributed by atoms with Crippen molar-refractivity contribution in [3.05, 3.63) is 53.1 Å². The second kappa shape index (κ2) is 7.22. The van der Waals surface area contributed by atoms with E-state index in [2.05, 4.69) is 4.90 Å². The molecule has 0 aliphatic carbocycles. The molecule has 4 rings (SSSR count). The van der Waals surface area contributed by atoms with Crippen LogP contribution in [0.25, 0.3) is 0 Å². The highest BCUT2D eigenvalue weighted by atomic mass is 35.5. The number of nitrogen functional groups attached to an aromatic ring is 1. The number of para-hydroxylation sites is 1. The Morgan fingerprint density at radius 3 is 2.34 bits per heavy atom. The van der Waals surface area contributed by atoms with Gasteiger partial charge in [-0.3, -0.25) is 4.79 Å². The number of halogens is 1. The summed E-state index contributed by atoms with van der Waals surface area (Å²) in [4.78, 5) is 29.3. The first-order valence-electron chi connectivity index (χ1n) is 9.40. The first-order chi connectivity index (χ1) is 13.9. The molecule has 2 saturated heterocycles. The smallest absolute Gasteiger partial charge is 0.346 e. The summed E-state index contributed by atoms with van der Waals surface area (Å²) in [7, 11) is 0. The van der Waals surface area contributed by atoms with Gasteiger partial charge in [0.15, 0.2) is 0 Å². The number of hydrogen-bond acceptors (Lipinski definition) is 6. The van der Waals surface area contributed by atoms with Crippen LogP contribution in [-0.4, -0.2) is 35.6 Å². The molecule has 0 bridgehead atoms. The molecule has 0 aromatic heterocycles. The standard InChI is InChI=1S/C20H23ClN6O2/c21-13-10-16(23)15(12-22)17(11-13)25-8-6-20(7-9-25)18(28)26(19(29)27(20)24)14-4-2-1-3-5-14/h1-5,10-11H,6-9,12,22-24H2. The quantitative estimate of drug-likeness (QED) is 0.306. The molecule has 2 aromatic rings. The van der Waals surface area contributed by atoms with Gasteiger partial charge in [-0.05, 0) is 37.1 Å². The highest BCUT2D eigenvalue weighted by molar-refractivity contribution is 6.31. The number of nitrogens with zero attached hydrogens (tertiary/aromatic N) is 3. The van der Waals surface area contributed by atoms with Gasteiger partial charge >= 0.3 is 6.03 Å². The van der Waals surface area contributed by atoms with E-state index < -0.39 is 11.6 Å². The maximum absolute atomic E-state index is 13.3. The lowest BCUT2D eigenvalue weighted by Gasteiger charge is -2.41. The number of piperidine rings is 1. The van der Waals surface area contributed by atoms with Gasteiger partial charge in [-0.2, -0.15) is 0 Å². The number of hydrazine groups is 1. The number of rotatable bonds is 3. The topological polar surface area (TPSA) is 122 Å². The van der Waals surface area contributed by atoms with Crippen molar-refractivity contribution in [3.63, 3.8) is 0 Å². The van der Waals surface area contributed by atoms with Gasteiger partial charge in [0, 0.05) is 41.6 Å². The fourth-order valence-corrected chi connectivity index (χ4v) is 4.43. The Morgan fingerprint density at radius 1 is 1.07 bits per heavy atom. The molecule has 2 aliphatic heterocycles. The van der Waals surface area contributed by atoms with Crippen molar-refractivity contribution >= 4 is 40.6 Å². The van der Waals surface area contributed by atoms with Gasteiger partial charge in [0.05, 0.1) is 5.69 Å². The van der Waals surface area contributed by atoms with Crippen LogP contribution in [0.1, 0.15) is 18.4 Å². The Labute approximate surface area is 173 Å². The van der Waals surface area contributed by atoms with Crippen molar-refractivity contribution in [1.82, 2.24) is 5.01 Å². The predicted octanol–water partition coefficient (Wildman–Crippen LogP) is 2.06. The predicted molar refractivity (Wildman–Crippen MR) is 113 cm³/mol. The Hall–Kier alpha value is -2.81. The third-order valence-corrected chi connectivity index (χ3v) is 6.05. The Balaban J connectivity index is 1.61. The van der Waals surface area contributed by atoms with Crippen LogP contribution in [0.2, 0.25) is 5.02 Å². The van der Waals surface area contributed by atoms with Crippen molar-refractivity contribution in [2.45, 2.75) is 24.9 Å². The molecule has 2 heterocycles. The molecule has 2 aromatic carbocycles. The van der Waals surface area contributed by atoms with Gasteiger partial charge in [-0.25, -0.2) is 20.5 Å². The van der Waals surface area contributed by atoms with E-state index in [9.17, 15) is 9.59 Å². The van der Waals surface area contributed by atoms with Crippen molar-refractivity contribution in [1.29, 1.82) is 0 Å². The van der Waals surface area contributed by atoms with E-state index >= 15 is 0 Å². The van der Waals surface area contributed by atoms with Crippen molar-refractivity contribution in [2.24, 2.45) is 11.6 Å². The summed E-state index contributed by atoms with van der Waals surface area (Å²) >= 11 is 6.19. The molecule has 2 fully saturated rings. The largest absolute Gasteiger partial charge is 0.398 e. The van der Waals surface area contributed by atoms with Crippen molar-refractivity contribution in [3.8, 4) is 0 Å². The number of urea groups is 1. The van der Waals surface area contributed by atoms with Crippen molar-refractivity contribution < 1.29 is 9.59 Å². The maximum atomic E-state index is 13.3. The van der Waals surface area contributed by atoms with E-state index in [-0.39, 0.29) is 12.5 Å². The molecule has 2 aliphatic rings. The Bertz CT molecular complexity index is 959. The van der Waals surface area contributed by atoms with E-state index in [1.165, 1.54) is 4.90 Å². The summed E-state index contributed by atoms with van der Waals surface area (Å²) in [6, 6.07) is 11.8. The molecule has 0 unspecified atom stereocenters. The fourth-order valence-electron chi connectivity index (χ4n) is 4.21. The van der Waals surface area contributed by atoms with Gasteiger partial charge in [-0.15, -0.1) is 0 Å². The molecule has 0 radical (unpaired) electrons. The van der Waals surface area contributed by atoms with Crippen LogP contribution < -0.4 is 27.1 Å². The number of anilines is 3. The van der Waals surface area contributed by atoms with E-state index in [0.29, 0.717) is 42.3 Å². The summed E-state index contributed by atoms with van der Waals surface area (Å²) in [5.74, 6) is 5.85. The molecular formula is C20H23ClN6O2. The Morgan fingerprint density at radius 2 is 1.72 bits per heavy atom. The summed E-state index contributed by atoms with van der Waals surface area (Å²) in [5, 5.41) is 1.62. The molecule has 3 amide bonds. The van der Waals surface area contributed by atoms with Gasteiger partial charge in [0.1, 0.15) is 5.54 Å². The van der Waals surface area contributed by atoms with E-state index in [4.69, 9.17) is 28.9 Å². The van der Waals surface area contributed by atoms with E-state index in [1.54, 1.807) is 30.3 Å². The van der Waals surface area contributed by atoms with Crippen LogP contribution in [0, 0.1) is 0 Å². The van der Waals surface area contributed by atoms with Crippen LogP contribution in [0.15, 0.2) is 42.5 Å². The molecule has 0 atom stereocenters. The second-order valence-corrected chi connectivity index (χ2v) is 7.78. The van der Waals surface area contributed by atoms with Crippen LogP contribution in [-0.2, 0) is 11.3 Å². The molecule has 9 heteroatoms. The number of hydrogen-bond donors (Lipinski definition) is 3. The highest BCUT2D eigenvalue weighted by Gasteiger charge is 2.58. The first-order valence-corrected chi connectivity index (χ1v) is 9.78. The summed E-state index contributed by atoms with van der Waals surface area (Å²) in [6.07, 6.45) is 0.793. The van der Waals surface area contributed by atoms with Gasteiger partial charge < -0.3 is 16.4 Å². The SMILES string of the molecule is NCc1c(N)cc(Cl)cc1N1CCC2(CC1)C(=O)N(c1ccccc1)C(=O)N2N. The van der Waals surface area contributed by atoms with E-state index in [0.717, 1.165) is 16.3 Å². The van der Waals surface area contributed by atoms with Gasteiger partial charge in [0.25, 0.3) is 5.91 Å². The maximum Gasteiger partial charge on any atom is 0.346 e. The molecule has 1 spiro atoms. The number of carbonyl (C=O) groups excluding carboxylic acids is 2. The fraction of sp³-hybridized carbons (Fsp3) is 0.300. The minimum atomic E-state index is -1.06. The number of imide groups is 1. The van der Waals surface area contributed by atoms with Gasteiger partial charge in [0.2, 0.25) is 0 Å². The monoisotopic (exact) mass is 414 g/mol. The summed E-state index contributed by atoms with van der Waals surface area (Å²) < 4.78 is 0. The van der Waals surface area contributed by atoms with Gasteiger partial charge in [-0.1, -0.05) is 29.8 Å². The molecular weight excluding hydrogens is 392 g/mol. The lowest BCUT2D eigenvalue weighted by atomic mass is 9.86. The normalized spacial score (nSPS) is 18.8. The summed E-state index contributed by atoms with van der Waals surface area (Å²) in [5.41, 5.74) is 13.6. The highest BCUT2D eigenvalue weighted by Crippen LogP contribution is 2.40. The first kappa shape index (κ1) is 19.5. The second-order valence-electron chi connectivity index (χ2n) is 7.34. The molecule has 152 valence electrons. The third kappa shape index (κ3) is 3.00. The minimum absolute atomic E-state index is 0.280. The number of nitrogens with two attached hydrogens (primary N) is 3. The summed E-state index contributed by atoms with van der Waals surface area (Å²) in [6.45, 7) is 1.31. The molecule has 6 N–H and O–H groups in total. The zero-order chi connectivity index (χ0) is 20.8. The molecule has 8 nitrogen and oxygen atoms in total. The van der Waals surface area contributed by atoms with E-state index in [1.807, 2.05) is 12.1 Å². The average Bonchev–Trinajstić information content (AvgIpc) is 2.90. The van der Waals surface area contributed by atoms with Crippen LogP contribution >= 0.6 is 11.6 Å². The molecule has 29 heavy (non-hydrogen) atoms. The van der Waals surface area contributed by atoms with Crippen LogP contribution in [0.5, 0.6) is 0 Å². The number of benzene rings is 2. The van der Waals surface area contributed by atoms with Crippen LogP contribution in [0.3, 0.4) is 0 Å². The minimum Gasteiger partial charge on any atom is -0.398 e. The lowest BCUT2D eigenvalue weighted by Crippen LogP contribution is -2.59. The van der Waals surface area contributed by atoms with Crippen LogP contribution in [0.4, 0.5) is 21.9 Å². The number of amides is 3. The lowest BCUT2D eigenvalue weighted by molar-refractivity contribution is -0.126. The molecule has 0 saturated carbocycles. The van der Waals surface area contributed by atoms with Crippen molar-refractivity contribution in [2.75, 3.05) is 28.6 Å². The third-order valence-electron chi connectivity index (χ3n) is 5.84. The number of carbonyl (C=O) groups is 2. The zero-order valence-corrected chi connectivity index (χ0v) is 16.6. The Kier molecular flexibility index (Phi) is 4.85. The average molecular weight is 415 g/mol.